The van der Waals surface area contributed by atoms with Gasteiger partial charge in [0.05, 0.1) is 12.1 Å². The van der Waals surface area contributed by atoms with E-state index in [9.17, 15) is 4.79 Å². The lowest BCUT2D eigenvalue weighted by Gasteiger charge is -2.26. The summed E-state index contributed by atoms with van der Waals surface area (Å²) < 4.78 is 0. The second-order valence-corrected chi connectivity index (χ2v) is 6.46. The number of anilines is 2. The van der Waals surface area contributed by atoms with Crippen molar-refractivity contribution in [1.29, 1.82) is 0 Å². The second kappa shape index (κ2) is 7.48. The molecule has 3 rings (SSSR count). The number of likely N-dealkylation sites (N-methyl/N-ethyl adjacent to an activating group) is 1. The minimum atomic E-state index is -0.280. The van der Waals surface area contributed by atoms with E-state index in [0.717, 1.165) is 18.8 Å². The molecule has 2 N–H and O–H groups in total. The molecule has 0 bridgehead atoms. The van der Waals surface area contributed by atoms with E-state index in [4.69, 9.17) is 0 Å². The van der Waals surface area contributed by atoms with E-state index in [0.29, 0.717) is 5.95 Å². The van der Waals surface area contributed by atoms with E-state index in [2.05, 4.69) is 44.7 Å². The van der Waals surface area contributed by atoms with Crippen molar-refractivity contribution in [2.24, 2.45) is 0 Å². The van der Waals surface area contributed by atoms with Gasteiger partial charge in [-0.15, -0.1) is 0 Å². The van der Waals surface area contributed by atoms with Crippen LogP contribution in [0.25, 0.3) is 0 Å². The van der Waals surface area contributed by atoms with Crippen molar-refractivity contribution in [2.45, 2.75) is 18.5 Å². The van der Waals surface area contributed by atoms with E-state index in [1.807, 2.05) is 37.2 Å². The van der Waals surface area contributed by atoms with Crippen LogP contribution in [0.2, 0.25) is 0 Å². The maximum Gasteiger partial charge on any atom is 0.321 e. The summed E-state index contributed by atoms with van der Waals surface area (Å²) in [5, 5.41) is 5.80. The second-order valence-electron chi connectivity index (χ2n) is 6.46. The monoisotopic (exact) mass is 340 g/mol. The number of hydrogen-bond donors (Lipinski definition) is 2. The van der Waals surface area contributed by atoms with Crippen molar-refractivity contribution in [1.82, 2.24) is 20.2 Å². The van der Waals surface area contributed by atoms with Gasteiger partial charge in [0.2, 0.25) is 5.95 Å². The van der Waals surface area contributed by atoms with Gasteiger partial charge in [0.1, 0.15) is 5.82 Å². The zero-order chi connectivity index (χ0) is 17.8. The summed E-state index contributed by atoms with van der Waals surface area (Å²) in [6.45, 7) is 0.942. The number of likely N-dealkylation sites (tertiary alicyclic amines) is 1. The molecule has 0 spiro atoms. The molecule has 0 unspecified atom stereocenters. The molecule has 25 heavy (non-hydrogen) atoms. The van der Waals surface area contributed by atoms with E-state index in [-0.39, 0.29) is 18.1 Å². The predicted molar refractivity (Wildman–Crippen MR) is 98.7 cm³/mol. The van der Waals surface area contributed by atoms with Gasteiger partial charge in [-0.2, -0.15) is 4.98 Å². The maximum atomic E-state index is 12.4. The van der Waals surface area contributed by atoms with Crippen LogP contribution in [-0.2, 0) is 0 Å². The number of aromatic nitrogens is 2. The average molecular weight is 340 g/mol. The van der Waals surface area contributed by atoms with Gasteiger partial charge in [-0.25, -0.2) is 9.78 Å². The van der Waals surface area contributed by atoms with E-state index < -0.39 is 0 Å². The fourth-order valence-electron chi connectivity index (χ4n) is 3.20. The van der Waals surface area contributed by atoms with Crippen LogP contribution < -0.4 is 15.5 Å². The molecular weight excluding hydrogens is 316 g/mol. The first kappa shape index (κ1) is 17.2. The smallest absolute Gasteiger partial charge is 0.321 e. The summed E-state index contributed by atoms with van der Waals surface area (Å²) >= 11 is 0. The highest BCUT2D eigenvalue weighted by atomic mass is 16.2. The van der Waals surface area contributed by atoms with Crippen LogP contribution in [0, 0.1) is 0 Å². The highest BCUT2D eigenvalue weighted by Gasteiger charge is 2.33. The van der Waals surface area contributed by atoms with E-state index >= 15 is 0 Å². The lowest BCUT2D eigenvalue weighted by atomic mass is 10.0. The zero-order valence-electron chi connectivity index (χ0n) is 14.8. The van der Waals surface area contributed by atoms with Crippen molar-refractivity contribution in [2.75, 3.05) is 37.9 Å². The largest absolute Gasteiger partial charge is 0.363 e. The van der Waals surface area contributed by atoms with E-state index in [1.54, 1.807) is 12.3 Å². The SMILES string of the molecule is CN(C)c1ccnc(NC(=O)N[C@H]2CCN(C)[C@H]2c2ccccc2)n1. The predicted octanol–water partition coefficient (Wildman–Crippen LogP) is 2.11. The summed E-state index contributed by atoms with van der Waals surface area (Å²) in [4.78, 5) is 24.9. The standard InChI is InChI=1S/C18H24N6O/c1-23(2)15-9-11-19-17(21-15)22-18(25)20-14-10-12-24(3)16(14)13-7-5-4-6-8-13/h4-9,11,14,16H,10,12H2,1-3H3,(H2,19,20,21,22,25)/t14-,16-/m0/s1. The molecule has 0 radical (unpaired) electrons. The minimum absolute atomic E-state index is 0.0458. The molecule has 1 aliphatic heterocycles. The quantitative estimate of drug-likeness (QED) is 0.892. The van der Waals surface area contributed by atoms with Crippen molar-refractivity contribution in [3.8, 4) is 0 Å². The fraction of sp³-hybridized carbons (Fsp3) is 0.389. The van der Waals surface area contributed by atoms with Crippen LogP contribution in [0.15, 0.2) is 42.6 Å². The molecule has 1 fully saturated rings. The molecule has 1 aromatic heterocycles. The molecular formula is C18H24N6O. The molecule has 7 nitrogen and oxygen atoms in total. The van der Waals surface area contributed by atoms with Crippen LogP contribution in [-0.4, -0.2) is 54.6 Å². The third-order valence-corrected chi connectivity index (χ3v) is 4.43. The Balaban J connectivity index is 1.67. The topological polar surface area (TPSA) is 73.4 Å². The van der Waals surface area contributed by atoms with Crippen LogP contribution in [0.1, 0.15) is 18.0 Å². The molecule has 0 aliphatic carbocycles. The van der Waals surface area contributed by atoms with Crippen LogP contribution in [0.4, 0.5) is 16.6 Å². The first-order chi connectivity index (χ1) is 12.0. The summed E-state index contributed by atoms with van der Waals surface area (Å²) in [6.07, 6.45) is 2.54. The van der Waals surface area contributed by atoms with E-state index in [1.165, 1.54) is 5.56 Å². The molecule has 2 amide bonds. The number of nitrogens with one attached hydrogen (secondary N) is 2. The van der Waals surface area contributed by atoms with Gasteiger partial charge < -0.3 is 10.2 Å². The van der Waals surface area contributed by atoms with Crippen molar-refractivity contribution in [3.63, 3.8) is 0 Å². The molecule has 2 heterocycles. The summed E-state index contributed by atoms with van der Waals surface area (Å²) in [7, 11) is 5.87. The molecule has 0 saturated carbocycles. The van der Waals surface area contributed by atoms with Gasteiger partial charge in [-0.05, 0) is 25.1 Å². The van der Waals surface area contributed by atoms with Crippen molar-refractivity contribution in [3.05, 3.63) is 48.2 Å². The van der Waals surface area contributed by atoms with Gasteiger partial charge in [0, 0.05) is 26.8 Å². The summed E-state index contributed by atoms with van der Waals surface area (Å²) in [5.41, 5.74) is 1.21. The Kier molecular flexibility index (Phi) is 5.14. The Hall–Kier alpha value is -2.67. The zero-order valence-corrected chi connectivity index (χ0v) is 14.8. The number of carbonyl (C=O) groups is 1. The van der Waals surface area contributed by atoms with Gasteiger partial charge in [-0.3, -0.25) is 10.2 Å². The van der Waals surface area contributed by atoms with Crippen LogP contribution >= 0.6 is 0 Å². The molecule has 1 aromatic carbocycles. The molecule has 1 aliphatic rings. The average Bonchev–Trinajstić information content (AvgIpc) is 2.96. The van der Waals surface area contributed by atoms with Gasteiger partial charge in [0.15, 0.2) is 0 Å². The lowest BCUT2D eigenvalue weighted by Crippen LogP contribution is -2.41. The Labute approximate surface area is 148 Å². The highest BCUT2D eigenvalue weighted by Crippen LogP contribution is 2.30. The molecule has 132 valence electrons. The Bertz CT molecular complexity index is 721. The van der Waals surface area contributed by atoms with Crippen LogP contribution in [0.3, 0.4) is 0 Å². The molecule has 1 saturated heterocycles. The molecule has 2 atom stereocenters. The number of benzene rings is 1. The van der Waals surface area contributed by atoms with Crippen molar-refractivity contribution >= 4 is 17.8 Å². The number of urea groups is 1. The first-order valence-electron chi connectivity index (χ1n) is 8.37. The van der Waals surface area contributed by atoms with Crippen molar-refractivity contribution < 1.29 is 4.79 Å². The Morgan fingerprint density at radius 3 is 2.72 bits per heavy atom. The Morgan fingerprint density at radius 2 is 2.00 bits per heavy atom. The lowest BCUT2D eigenvalue weighted by molar-refractivity contribution is 0.240. The van der Waals surface area contributed by atoms with Gasteiger partial charge in [-0.1, -0.05) is 30.3 Å². The van der Waals surface area contributed by atoms with Gasteiger partial charge >= 0.3 is 6.03 Å². The minimum Gasteiger partial charge on any atom is -0.363 e. The van der Waals surface area contributed by atoms with Crippen LogP contribution in [0.5, 0.6) is 0 Å². The third kappa shape index (κ3) is 4.06. The number of amides is 2. The Morgan fingerprint density at radius 1 is 1.24 bits per heavy atom. The number of hydrogen-bond acceptors (Lipinski definition) is 5. The maximum absolute atomic E-state index is 12.4. The summed E-state index contributed by atoms with van der Waals surface area (Å²) in [6, 6.07) is 12.0. The van der Waals surface area contributed by atoms with Gasteiger partial charge in [0.25, 0.3) is 0 Å². The number of carbonyl (C=O) groups excluding carboxylic acids is 1. The molecule has 2 aromatic rings. The number of rotatable bonds is 4. The first-order valence-corrected chi connectivity index (χ1v) is 8.37. The third-order valence-electron chi connectivity index (χ3n) is 4.43. The normalized spacial score (nSPS) is 20.3. The highest BCUT2D eigenvalue weighted by molar-refractivity contribution is 5.87. The fourth-order valence-corrected chi connectivity index (χ4v) is 3.20. The number of nitrogens with zero attached hydrogens (tertiary/aromatic N) is 4. The molecule has 7 heteroatoms. The summed E-state index contributed by atoms with van der Waals surface area (Å²) in [5.74, 6) is 1.04.